The van der Waals surface area contributed by atoms with Crippen molar-refractivity contribution in [3.8, 4) is 0 Å². The highest BCUT2D eigenvalue weighted by Gasteiger charge is 2.22. The molecule has 1 saturated heterocycles. The molecule has 15 heavy (non-hydrogen) atoms. The summed E-state index contributed by atoms with van der Waals surface area (Å²) in [6, 6.07) is 0. The molecule has 0 aromatic carbocycles. The summed E-state index contributed by atoms with van der Waals surface area (Å²) >= 11 is 0. The largest absolute Gasteiger partial charge is 0.396 e. The van der Waals surface area contributed by atoms with E-state index in [-0.39, 0.29) is 12.5 Å². The molecule has 4 nitrogen and oxygen atoms in total. The molecule has 0 aliphatic carbocycles. The summed E-state index contributed by atoms with van der Waals surface area (Å²) < 4.78 is 0. The molecule has 1 fully saturated rings. The van der Waals surface area contributed by atoms with Crippen molar-refractivity contribution in [2.75, 3.05) is 32.8 Å². The normalized spacial score (nSPS) is 21.9. The average molecular weight is 214 g/mol. The highest BCUT2D eigenvalue weighted by Crippen LogP contribution is 2.14. The Balaban J connectivity index is 2.10. The number of nitrogens with one attached hydrogen (secondary N) is 1. The summed E-state index contributed by atoms with van der Waals surface area (Å²) in [6.07, 6.45) is 3.17. The van der Waals surface area contributed by atoms with Crippen LogP contribution in [0, 0.1) is 5.92 Å². The van der Waals surface area contributed by atoms with E-state index in [9.17, 15) is 4.79 Å². The number of rotatable bonds is 6. The van der Waals surface area contributed by atoms with E-state index in [1.807, 2.05) is 0 Å². The van der Waals surface area contributed by atoms with E-state index in [4.69, 9.17) is 5.11 Å². The number of hydrogen-bond donors (Lipinski definition) is 2. The van der Waals surface area contributed by atoms with Gasteiger partial charge in [0.15, 0.2) is 0 Å². The van der Waals surface area contributed by atoms with E-state index in [1.54, 1.807) is 0 Å². The Morgan fingerprint density at radius 3 is 3.00 bits per heavy atom. The Labute approximate surface area is 91.6 Å². The van der Waals surface area contributed by atoms with Crippen LogP contribution < -0.4 is 5.32 Å². The summed E-state index contributed by atoms with van der Waals surface area (Å²) in [5, 5.41) is 11.9. The van der Waals surface area contributed by atoms with Crippen molar-refractivity contribution in [2.24, 2.45) is 5.92 Å². The van der Waals surface area contributed by atoms with Crippen LogP contribution in [0.3, 0.4) is 0 Å². The van der Waals surface area contributed by atoms with Crippen LogP contribution in [0.25, 0.3) is 0 Å². The smallest absolute Gasteiger partial charge is 0.234 e. The molecule has 1 aliphatic heterocycles. The van der Waals surface area contributed by atoms with Crippen LogP contribution in [0.15, 0.2) is 0 Å². The van der Waals surface area contributed by atoms with E-state index in [0.29, 0.717) is 12.5 Å². The summed E-state index contributed by atoms with van der Waals surface area (Å²) in [4.78, 5) is 13.6. The average Bonchev–Trinajstić information content (AvgIpc) is 2.66. The predicted molar refractivity (Wildman–Crippen MR) is 59.6 cm³/mol. The first-order chi connectivity index (χ1) is 7.26. The van der Waals surface area contributed by atoms with Gasteiger partial charge < -0.3 is 10.4 Å². The minimum atomic E-state index is 0.113. The molecule has 0 bridgehead atoms. The molecule has 2 N–H and O–H groups in total. The van der Waals surface area contributed by atoms with Crippen molar-refractivity contribution < 1.29 is 9.90 Å². The second kappa shape index (κ2) is 6.80. The first-order valence-corrected chi connectivity index (χ1v) is 5.86. The molecule has 0 aromatic heterocycles. The van der Waals surface area contributed by atoms with Crippen LogP contribution in [-0.2, 0) is 4.79 Å². The maximum Gasteiger partial charge on any atom is 0.234 e. The van der Waals surface area contributed by atoms with Gasteiger partial charge >= 0.3 is 0 Å². The van der Waals surface area contributed by atoms with Crippen molar-refractivity contribution in [3.63, 3.8) is 0 Å². The zero-order valence-electron chi connectivity index (χ0n) is 9.54. The standard InChI is InChI=1S/C11H22N2O2/c1-2-3-5-12-11(15)8-13-6-4-10(7-13)9-14/h10,14H,2-9H2,1H3,(H,12,15). The van der Waals surface area contributed by atoms with Crippen molar-refractivity contribution in [2.45, 2.75) is 26.2 Å². The molecule has 0 radical (unpaired) electrons. The lowest BCUT2D eigenvalue weighted by Crippen LogP contribution is -2.36. The molecular weight excluding hydrogens is 192 g/mol. The third-order valence-corrected chi connectivity index (χ3v) is 2.85. The number of likely N-dealkylation sites (tertiary alicyclic amines) is 1. The molecule has 1 heterocycles. The van der Waals surface area contributed by atoms with Gasteiger partial charge in [0.2, 0.25) is 5.91 Å². The molecule has 1 rings (SSSR count). The van der Waals surface area contributed by atoms with Crippen molar-refractivity contribution in [1.82, 2.24) is 10.2 Å². The second-order valence-corrected chi connectivity index (χ2v) is 4.28. The molecule has 88 valence electrons. The molecule has 1 unspecified atom stereocenters. The van der Waals surface area contributed by atoms with Crippen LogP contribution in [-0.4, -0.2) is 48.7 Å². The number of aliphatic hydroxyl groups is 1. The van der Waals surface area contributed by atoms with Gasteiger partial charge in [0.1, 0.15) is 0 Å². The molecule has 0 spiro atoms. The Morgan fingerprint density at radius 2 is 2.40 bits per heavy atom. The van der Waals surface area contributed by atoms with Gasteiger partial charge in [-0.15, -0.1) is 0 Å². The zero-order chi connectivity index (χ0) is 11.1. The van der Waals surface area contributed by atoms with Crippen molar-refractivity contribution >= 4 is 5.91 Å². The number of unbranched alkanes of at least 4 members (excludes halogenated alkanes) is 1. The van der Waals surface area contributed by atoms with Crippen LogP contribution in [0.1, 0.15) is 26.2 Å². The van der Waals surface area contributed by atoms with Gasteiger partial charge in [0.05, 0.1) is 6.54 Å². The highest BCUT2D eigenvalue weighted by atomic mass is 16.3. The summed E-state index contributed by atoms with van der Waals surface area (Å²) in [5.41, 5.74) is 0. The lowest BCUT2D eigenvalue weighted by molar-refractivity contribution is -0.122. The fourth-order valence-electron chi connectivity index (χ4n) is 1.87. The molecule has 1 aliphatic rings. The van der Waals surface area contributed by atoms with Crippen LogP contribution in [0.5, 0.6) is 0 Å². The Kier molecular flexibility index (Phi) is 5.65. The molecule has 0 saturated carbocycles. The molecule has 4 heteroatoms. The quantitative estimate of drug-likeness (QED) is 0.622. The maximum absolute atomic E-state index is 11.5. The molecule has 0 aromatic rings. The SMILES string of the molecule is CCCCNC(=O)CN1CCC(CO)C1. The van der Waals surface area contributed by atoms with E-state index >= 15 is 0 Å². The fourth-order valence-corrected chi connectivity index (χ4v) is 1.87. The minimum absolute atomic E-state index is 0.113. The number of carbonyl (C=O) groups excluding carboxylic acids is 1. The van der Waals surface area contributed by atoms with Gasteiger partial charge in [-0.05, 0) is 25.3 Å². The fraction of sp³-hybridized carbons (Fsp3) is 0.909. The van der Waals surface area contributed by atoms with Gasteiger partial charge in [0, 0.05) is 19.7 Å². The van der Waals surface area contributed by atoms with Gasteiger partial charge in [-0.2, -0.15) is 0 Å². The molecular formula is C11H22N2O2. The number of hydrogen-bond acceptors (Lipinski definition) is 3. The number of nitrogens with zero attached hydrogens (tertiary/aromatic N) is 1. The third kappa shape index (κ3) is 4.62. The molecule has 1 amide bonds. The van der Waals surface area contributed by atoms with E-state index in [0.717, 1.165) is 38.9 Å². The summed E-state index contributed by atoms with van der Waals surface area (Å²) in [7, 11) is 0. The minimum Gasteiger partial charge on any atom is -0.396 e. The van der Waals surface area contributed by atoms with Crippen LogP contribution in [0.2, 0.25) is 0 Å². The zero-order valence-corrected chi connectivity index (χ0v) is 9.54. The van der Waals surface area contributed by atoms with Crippen LogP contribution >= 0.6 is 0 Å². The lowest BCUT2D eigenvalue weighted by atomic mass is 10.1. The summed E-state index contributed by atoms with van der Waals surface area (Å²) in [5.74, 6) is 0.482. The topological polar surface area (TPSA) is 52.6 Å². The van der Waals surface area contributed by atoms with E-state index in [1.165, 1.54) is 0 Å². The van der Waals surface area contributed by atoms with Crippen molar-refractivity contribution in [3.05, 3.63) is 0 Å². The van der Waals surface area contributed by atoms with Gasteiger partial charge in [-0.1, -0.05) is 13.3 Å². The summed E-state index contributed by atoms with van der Waals surface area (Å²) in [6.45, 7) is 5.42. The van der Waals surface area contributed by atoms with Crippen molar-refractivity contribution in [1.29, 1.82) is 0 Å². The lowest BCUT2D eigenvalue weighted by Gasteiger charge is -2.14. The molecule has 1 atom stereocenters. The number of aliphatic hydroxyl groups excluding tert-OH is 1. The maximum atomic E-state index is 11.5. The number of carbonyl (C=O) groups is 1. The van der Waals surface area contributed by atoms with Gasteiger partial charge in [0.25, 0.3) is 0 Å². The van der Waals surface area contributed by atoms with Crippen LogP contribution in [0.4, 0.5) is 0 Å². The van der Waals surface area contributed by atoms with Gasteiger partial charge in [-0.3, -0.25) is 9.69 Å². The predicted octanol–water partition coefficient (Wildman–Crippen LogP) is 0.217. The Hall–Kier alpha value is -0.610. The first kappa shape index (κ1) is 12.5. The second-order valence-electron chi connectivity index (χ2n) is 4.28. The monoisotopic (exact) mass is 214 g/mol. The van der Waals surface area contributed by atoms with E-state index in [2.05, 4.69) is 17.1 Å². The first-order valence-electron chi connectivity index (χ1n) is 5.86. The van der Waals surface area contributed by atoms with Gasteiger partial charge in [-0.25, -0.2) is 0 Å². The Bertz CT molecular complexity index is 197. The highest BCUT2D eigenvalue weighted by molar-refractivity contribution is 5.77. The Morgan fingerprint density at radius 1 is 1.60 bits per heavy atom. The number of amides is 1. The van der Waals surface area contributed by atoms with E-state index < -0.39 is 0 Å². The third-order valence-electron chi connectivity index (χ3n) is 2.85.